The van der Waals surface area contributed by atoms with Crippen LogP contribution < -0.4 is 5.32 Å². The first kappa shape index (κ1) is 18.5. The van der Waals surface area contributed by atoms with Gasteiger partial charge in [-0.2, -0.15) is 0 Å². The predicted octanol–water partition coefficient (Wildman–Crippen LogP) is 4.42. The molecule has 3 nitrogen and oxygen atoms in total. The number of ether oxygens (including phenoxy) is 1. The fourth-order valence-electron chi connectivity index (χ4n) is 2.26. The molecule has 1 aliphatic rings. The van der Waals surface area contributed by atoms with Gasteiger partial charge in [-0.15, -0.1) is 0 Å². The number of carbonyl (C=O) groups excluding carboxylic acids is 1. The number of methoxy groups -OCH3 is 1. The molecule has 1 N–H and O–H groups in total. The maximum Gasteiger partial charge on any atom is 0.406 e. The number of carbonyl (C=O) groups is 1. The molecule has 0 saturated heterocycles. The van der Waals surface area contributed by atoms with Gasteiger partial charge in [0.15, 0.2) is 0 Å². The van der Waals surface area contributed by atoms with Gasteiger partial charge in [0, 0.05) is 7.05 Å². The van der Waals surface area contributed by atoms with E-state index in [4.69, 9.17) is 0 Å². The van der Waals surface area contributed by atoms with Gasteiger partial charge >= 0.3 is 6.09 Å². The van der Waals surface area contributed by atoms with Gasteiger partial charge in [-0.05, 0) is 17.9 Å². The van der Waals surface area contributed by atoms with Gasteiger partial charge in [-0.3, -0.25) is 0 Å². The summed E-state index contributed by atoms with van der Waals surface area (Å²) in [6.07, 6.45) is 6.72. The van der Waals surface area contributed by atoms with Gasteiger partial charge in [0.25, 0.3) is 0 Å². The van der Waals surface area contributed by atoms with E-state index in [0.717, 1.165) is 5.92 Å². The number of hydrogen-bond donors (Lipinski definition) is 1. The zero-order valence-corrected chi connectivity index (χ0v) is 13.3. The molecule has 0 aliphatic heterocycles. The van der Waals surface area contributed by atoms with Crippen LogP contribution in [0.15, 0.2) is 30.3 Å². The van der Waals surface area contributed by atoms with Crippen molar-refractivity contribution in [3.05, 3.63) is 35.9 Å². The third-order valence-corrected chi connectivity index (χ3v) is 3.23. The lowest BCUT2D eigenvalue weighted by atomic mass is 9.98. The Morgan fingerprint density at radius 1 is 1.20 bits per heavy atom. The number of rotatable bonds is 2. The minimum atomic E-state index is -0.407. The summed E-state index contributed by atoms with van der Waals surface area (Å²) in [6.45, 7) is 4.00. The third-order valence-electron chi connectivity index (χ3n) is 3.23. The smallest absolute Gasteiger partial charge is 0.406 e. The van der Waals surface area contributed by atoms with Crippen LogP contribution in [0.3, 0.4) is 0 Å². The second-order valence-electron chi connectivity index (χ2n) is 4.58. The Morgan fingerprint density at radius 3 is 2.15 bits per heavy atom. The number of nitrogens with one attached hydrogen (secondary N) is 1. The highest BCUT2D eigenvalue weighted by Crippen LogP contribution is 2.27. The molecule has 0 aromatic heterocycles. The minimum Gasteiger partial charge on any atom is -0.453 e. The average Bonchev–Trinajstić information content (AvgIpc) is 3.03. The van der Waals surface area contributed by atoms with E-state index in [0.29, 0.717) is 0 Å². The van der Waals surface area contributed by atoms with Crippen molar-refractivity contribution in [2.24, 2.45) is 5.92 Å². The molecule has 0 radical (unpaired) electrons. The first-order valence-electron chi connectivity index (χ1n) is 7.56. The monoisotopic (exact) mass is 279 g/mol. The van der Waals surface area contributed by atoms with E-state index in [-0.39, 0.29) is 0 Å². The summed E-state index contributed by atoms with van der Waals surface area (Å²) in [5.74, 6) is 0.979. The van der Waals surface area contributed by atoms with Crippen molar-refractivity contribution in [1.82, 2.24) is 5.32 Å². The molecule has 1 aromatic carbocycles. The maximum atomic E-state index is 9.85. The zero-order valence-electron chi connectivity index (χ0n) is 13.3. The van der Waals surface area contributed by atoms with E-state index in [1.165, 1.54) is 51.8 Å². The van der Waals surface area contributed by atoms with E-state index < -0.39 is 6.09 Å². The minimum absolute atomic E-state index is 0.407. The van der Waals surface area contributed by atoms with E-state index >= 15 is 0 Å². The van der Waals surface area contributed by atoms with Crippen LogP contribution in [0.4, 0.5) is 4.79 Å². The number of benzene rings is 1. The molecule has 1 amide bonds. The number of amides is 1. The Bertz CT molecular complexity index is 326. The third kappa shape index (κ3) is 8.57. The second-order valence-corrected chi connectivity index (χ2v) is 4.58. The van der Waals surface area contributed by atoms with Gasteiger partial charge in [0.2, 0.25) is 0 Å². The lowest BCUT2D eigenvalue weighted by Crippen LogP contribution is -2.16. The molecule has 2 rings (SSSR count). The van der Waals surface area contributed by atoms with Crippen molar-refractivity contribution in [1.29, 1.82) is 0 Å². The van der Waals surface area contributed by atoms with Crippen molar-refractivity contribution in [2.75, 3.05) is 14.2 Å². The van der Waals surface area contributed by atoms with Crippen LogP contribution in [0.5, 0.6) is 0 Å². The highest BCUT2D eigenvalue weighted by molar-refractivity contribution is 5.66. The molecule has 1 saturated carbocycles. The van der Waals surface area contributed by atoms with Crippen molar-refractivity contribution in [3.8, 4) is 0 Å². The lowest BCUT2D eigenvalue weighted by Gasteiger charge is -2.07. The summed E-state index contributed by atoms with van der Waals surface area (Å²) in [7, 11) is 2.82. The summed E-state index contributed by atoms with van der Waals surface area (Å²) < 4.78 is 4.15. The molecule has 0 spiro atoms. The SMILES string of the molecule is CC.CNC(=O)OC.c1ccc(CC2CCCC2)cc1. The van der Waals surface area contributed by atoms with E-state index in [2.05, 4.69) is 40.4 Å². The van der Waals surface area contributed by atoms with E-state index in [1.54, 1.807) is 0 Å². The molecular weight excluding hydrogens is 250 g/mol. The fourth-order valence-corrected chi connectivity index (χ4v) is 2.26. The zero-order chi connectivity index (χ0) is 15.2. The van der Waals surface area contributed by atoms with Crippen LogP contribution >= 0.6 is 0 Å². The highest BCUT2D eigenvalue weighted by Gasteiger charge is 2.14. The molecule has 1 aromatic rings. The van der Waals surface area contributed by atoms with Crippen LogP contribution in [0, 0.1) is 5.92 Å². The molecule has 20 heavy (non-hydrogen) atoms. The summed E-state index contributed by atoms with van der Waals surface area (Å²) in [4.78, 5) is 9.85. The topological polar surface area (TPSA) is 38.3 Å². The molecule has 0 heterocycles. The van der Waals surface area contributed by atoms with Crippen molar-refractivity contribution >= 4 is 6.09 Å². The first-order chi connectivity index (χ1) is 9.76. The first-order valence-corrected chi connectivity index (χ1v) is 7.56. The standard InChI is InChI=1S/C12H16.C3H7NO2.C2H6/c1-2-6-11(7-3-1)10-12-8-4-5-9-12;1-4-3(5)6-2;1-2/h1-3,6-7,12H,4-5,8-10H2;1-2H3,(H,4,5);1-2H3. The summed E-state index contributed by atoms with van der Waals surface area (Å²) >= 11 is 0. The Hall–Kier alpha value is -1.51. The molecule has 0 atom stereocenters. The van der Waals surface area contributed by atoms with Crippen LogP contribution in [0.25, 0.3) is 0 Å². The van der Waals surface area contributed by atoms with E-state index in [1.807, 2.05) is 13.8 Å². The van der Waals surface area contributed by atoms with E-state index in [9.17, 15) is 4.79 Å². The maximum absolute atomic E-state index is 9.85. The Kier molecular flexibility index (Phi) is 11.6. The van der Waals surface area contributed by atoms with Gasteiger partial charge in [0.05, 0.1) is 7.11 Å². The van der Waals surface area contributed by atoms with Gasteiger partial charge in [-0.25, -0.2) is 4.79 Å². The molecule has 1 fully saturated rings. The van der Waals surface area contributed by atoms with Crippen molar-refractivity contribution < 1.29 is 9.53 Å². The fraction of sp³-hybridized carbons (Fsp3) is 0.588. The number of alkyl carbamates (subject to hydrolysis) is 1. The molecule has 0 bridgehead atoms. The van der Waals surface area contributed by atoms with Crippen LogP contribution in [-0.4, -0.2) is 20.3 Å². The number of hydrogen-bond acceptors (Lipinski definition) is 2. The van der Waals surface area contributed by atoms with Gasteiger partial charge < -0.3 is 10.1 Å². The highest BCUT2D eigenvalue weighted by atomic mass is 16.5. The summed E-state index contributed by atoms with van der Waals surface area (Å²) in [6, 6.07) is 10.9. The largest absolute Gasteiger partial charge is 0.453 e. The predicted molar refractivity (Wildman–Crippen MR) is 84.9 cm³/mol. The molecular formula is C17H29NO2. The van der Waals surface area contributed by atoms with Crippen LogP contribution in [-0.2, 0) is 11.2 Å². The molecule has 0 unspecified atom stereocenters. The molecule has 1 aliphatic carbocycles. The Morgan fingerprint density at radius 2 is 1.75 bits per heavy atom. The van der Waals surface area contributed by atoms with Crippen LogP contribution in [0.2, 0.25) is 0 Å². The molecule has 3 heteroatoms. The normalized spacial score (nSPS) is 13.4. The quantitative estimate of drug-likeness (QED) is 0.870. The van der Waals surface area contributed by atoms with Crippen molar-refractivity contribution in [3.63, 3.8) is 0 Å². The molecule has 114 valence electrons. The van der Waals surface area contributed by atoms with Crippen molar-refractivity contribution in [2.45, 2.75) is 46.0 Å². The lowest BCUT2D eigenvalue weighted by molar-refractivity contribution is 0.173. The average molecular weight is 279 g/mol. The second kappa shape index (κ2) is 12.5. The van der Waals surface area contributed by atoms with Gasteiger partial charge in [-0.1, -0.05) is 69.9 Å². The summed E-state index contributed by atoms with van der Waals surface area (Å²) in [5, 5.41) is 2.25. The van der Waals surface area contributed by atoms with Crippen LogP contribution in [0.1, 0.15) is 45.1 Å². The Balaban J connectivity index is 0.000000387. The Labute approximate surface area is 123 Å². The van der Waals surface area contributed by atoms with Gasteiger partial charge in [0.1, 0.15) is 0 Å². The summed E-state index contributed by atoms with van der Waals surface area (Å²) in [5.41, 5.74) is 1.52.